The van der Waals surface area contributed by atoms with Crippen molar-refractivity contribution in [2.45, 2.75) is 4.90 Å². The van der Waals surface area contributed by atoms with Crippen LogP contribution in [0.1, 0.15) is 10.4 Å². The van der Waals surface area contributed by atoms with E-state index in [4.69, 9.17) is 0 Å². The van der Waals surface area contributed by atoms with Crippen LogP contribution < -0.4 is 10.0 Å². The molecule has 0 aliphatic carbocycles. The van der Waals surface area contributed by atoms with Gasteiger partial charge in [0.25, 0.3) is 15.9 Å². The predicted molar refractivity (Wildman–Crippen MR) is 113 cm³/mol. The van der Waals surface area contributed by atoms with Gasteiger partial charge in [0.2, 0.25) is 0 Å². The maximum Gasteiger partial charge on any atom is 0.262 e. The Bertz CT molecular complexity index is 1070. The highest BCUT2D eigenvalue weighted by atomic mass is 79.9. The summed E-state index contributed by atoms with van der Waals surface area (Å²) in [4.78, 5) is 12.6. The molecule has 27 heavy (non-hydrogen) atoms. The predicted octanol–water partition coefficient (Wildman–Crippen LogP) is 5.26. The second-order valence-electron chi connectivity index (χ2n) is 5.57. The van der Waals surface area contributed by atoms with Gasteiger partial charge in [-0.1, -0.05) is 50.1 Å². The number of anilines is 2. The molecule has 3 rings (SSSR count). The number of hydrogen-bond acceptors (Lipinski definition) is 3. The summed E-state index contributed by atoms with van der Waals surface area (Å²) >= 11 is 6.62. The minimum Gasteiger partial charge on any atom is -0.322 e. The smallest absolute Gasteiger partial charge is 0.262 e. The van der Waals surface area contributed by atoms with E-state index < -0.39 is 15.9 Å². The van der Waals surface area contributed by atoms with E-state index in [0.29, 0.717) is 15.8 Å². The Morgan fingerprint density at radius 1 is 0.778 bits per heavy atom. The van der Waals surface area contributed by atoms with Crippen LogP contribution in [0.2, 0.25) is 0 Å². The highest BCUT2D eigenvalue weighted by Crippen LogP contribution is 2.25. The van der Waals surface area contributed by atoms with Crippen LogP contribution in [0.25, 0.3) is 0 Å². The third kappa shape index (κ3) is 4.97. The lowest BCUT2D eigenvalue weighted by Gasteiger charge is -2.13. The number of carbonyl (C=O) groups is 1. The number of amides is 1. The van der Waals surface area contributed by atoms with Crippen LogP contribution in [0.5, 0.6) is 0 Å². The van der Waals surface area contributed by atoms with Crippen LogP contribution in [-0.4, -0.2) is 14.3 Å². The second kappa shape index (κ2) is 8.24. The molecule has 5 nitrogen and oxygen atoms in total. The average molecular weight is 510 g/mol. The summed E-state index contributed by atoms with van der Waals surface area (Å²) in [6.45, 7) is 0. The third-order valence-electron chi connectivity index (χ3n) is 3.60. The number of sulfonamides is 1. The summed E-state index contributed by atoms with van der Waals surface area (Å²) in [5.41, 5.74) is 1.01. The van der Waals surface area contributed by atoms with Crippen molar-refractivity contribution in [3.05, 3.63) is 87.3 Å². The van der Waals surface area contributed by atoms with Gasteiger partial charge < -0.3 is 5.32 Å². The van der Waals surface area contributed by atoms with Gasteiger partial charge in [-0.25, -0.2) is 8.42 Å². The third-order valence-corrected chi connectivity index (χ3v) is 6.07. The van der Waals surface area contributed by atoms with Gasteiger partial charge in [-0.3, -0.25) is 9.52 Å². The molecule has 0 aromatic heterocycles. The van der Waals surface area contributed by atoms with E-state index in [0.717, 1.165) is 4.47 Å². The first kappa shape index (κ1) is 19.6. The van der Waals surface area contributed by atoms with Crippen molar-refractivity contribution in [1.29, 1.82) is 0 Å². The first-order valence-electron chi connectivity index (χ1n) is 7.79. The van der Waals surface area contributed by atoms with Crippen molar-refractivity contribution >= 4 is 59.2 Å². The van der Waals surface area contributed by atoms with E-state index >= 15 is 0 Å². The summed E-state index contributed by atoms with van der Waals surface area (Å²) < 4.78 is 29.6. The summed E-state index contributed by atoms with van der Waals surface area (Å²) in [6.07, 6.45) is 0. The highest BCUT2D eigenvalue weighted by Gasteiger charge is 2.23. The molecule has 3 aromatic carbocycles. The van der Waals surface area contributed by atoms with E-state index in [-0.39, 0.29) is 10.5 Å². The fourth-order valence-electron chi connectivity index (χ4n) is 2.36. The van der Waals surface area contributed by atoms with Crippen LogP contribution in [0.15, 0.2) is 86.6 Å². The van der Waals surface area contributed by atoms with Gasteiger partial charge in [-0.05, 0) is 54.6 Å². The Morgan fingerprint density at radius 3 is 2.07 bits per heavy atom. The summed E-state index contributed by atoms with van der Waals surface area (Å²) in [5, 5.41) is 2.72. The maximum atomic E-state index is 12.8. The Hall–Kier alpha value is -2.16. The largest absolute Gasteiger partial charge is 0.322 e. The van der Waals surface area contributed by atoms with Crippen molar-refractivity contribution in [2.24, 2.45) is 0 Å². The number of halogens is 2. The maximum absolute atomic E-state index is 12.8. The minimum atomic E-state index is -3.94. The number of carbonyl (C=O) groups excluding carboxylic acids is 1. The average Bonchev–Trinajstić information content (AvgIpc) is 2.64. The molecular formula is C19H14Br2N2O3S. The summed E-state index contributed by atoms with van der Waals surface area (Å²) in [5.74, 6) is -0.521. The molecule has 138 valence electrons. The van der Waals surface area contributed by atoms with Crippen molar-refractivity contribution in [3.63, 3.8) is 0 Å². The Labute approximate surface area is 174 Å². The van der Waals surface area contributed by atoms with E-state index in [2.05, 4.69) is 41.9 Å². The Balaban J connectivity index is 1.95. The molecule has 1 amide bonds. The van der Waals surface area contributed by atoms with Gasteiger partial charge in [0, 0.05) is 20.3 Å². The van der Waals surface area contributed by atoms with Gasteiger partial charge in [0.15, 0.2) is 0 Å². The Morgan fingerprint density at radius 2 is 1.41 bits per heavy atom. The zero-order valence-electron chi connectivity index (χ0n) is 13.8. The van der Waals surface area contributed by atoms with E-state index in [1.54, 1.807) is 60.7 Å². The first-order valence-corrected chi connectivity index (χ1v) is 10.9. The standard InChI is InChI=1S/C19H14Br2N2O3S/c20-13-6-9-15(10-7-13)22-19(24)17-12-14(21)8-11-18(17)27(25,26)23-16-4-2-1-3-5-16/h1-12,23H,(H,22,24). The molecule has 0 heterocycles. The van der Waals surface area contributed by atoms with Crippen molar-refractivity contribution in [2.75, 3.05) is 10.0 Å². The molecule has 0 spiro atoms. The van der Waals surface area contributed by atoms with Crippen molar-refractivity contribution < 1.29 is 13.2 Å². The van der Waals surface area contributed by atoms with Crippen molar-refractivity contribution in [1.82, 2.24) is 0 Å². The second-order valence-corrected chi connectivity index (χ2v) is 9.06. The van der Waals surface area contributed by atoms with Crippen LogP contribution in [-0.2, 0) is 10.0 Å². The van der Waals surface area contributed by atoms with Gasteiger partial charge in [0.05, 0.1) is 5.56 Å². The van der Waals surface area contributed by atoms with E-state index in [1.165, 1.54) is 12.1 Å². The molecule has 0 fully saturated rings. The molecule has 8 heteroatoms. The van der Waals surface area contributed by atoms with E-state index in [1.807, 2.05) is 0 Å². The van der Waals surface area contributed by atoms with Gasteiger partial charge in [0.1, 0.15) is 4.90 Å². The molecule has 0 saturated carbocycles. The molecule has 2 N–H and O–H groups in total. The van der Waals surface area contributed by atoms with Gasteiger partial charge >= 0.3 is 0 Å². The molecule has 0 unspecified atom stereocenters. The molecule has 0 radical (unpaired) electrons. The summed E-state index contributed by atoms with van der Waals surface area (Å²) in [6, 6.07) is 20.0. The van der Waals surface area contributed by atoms with Crippen molar-refractivity contribution in [3.8, 4) is 0 Å². The lowest BCUT2D eigenvalue weighted by molar-refractivity contribution is 0.102. The first-order chi connectivity index (χ1) is 12.8. The van der Waals surface area contributed by atoms with Crippen LogP contribution >= 0.6 is 31.9 Å². The normalized spacial score (nSPS) is 11.0. The summed E-state index contributed by atoms with van der Waals surface area (Å²) in [7, 11) is -3.94. The molecule has 0 aliphatic heterocycles. The number of benzene rings is 3. The number of rotatable bonds is 5. The molecular weight excluding hydrogens is 496 g/mol. The van der Waals surface area contributed by atoms with Crippen LogP contribution in [0, 0.1) is 0 Å². The number of hydrogen-bond donors (Lipinski definition) is 2. The van der Waals surface area contributed by atoms with Crippen LogP contribution in [0.3, 0.4) is 0 Å². The molecule has 0 bridgehead atoms. The van der Waals surface area contributed by atoms with E-state index in [9.17, 15) is 13.2 Å². The lowest BCUT2D eigenvalue weighted by atomic mass is 10.2. The molecule has 3 aromatic rings. The number of nitrogens with one attached hydrogen (secondary N) is 2. The van der Waals surface area contributed by atoms with Gasteiger partial charge in [-0.15, -0.1) is 0 Å². The molecule has 0 atom stereocenters. The minimum absolute atomic E-state index is 0.0377. The van der Waals surface area contributed by atoms with Gasteiger partial charge in [-0.2, -0.15) is 0 Å². The SMILES string of the molecule is O=C(Nc1ccc(Br)cc1)c1cc(Br)ccc1S(=O)(=O)Nc1ccccc1. The zero-order chi connectivity index (χ0) is 19.4. The monoisotopic (exact) mass is 508 g/mol. The topological polar surface area (TPSA) is 75.3 Å². The lowest BCUT2D eigenvalue weighted by Crippen LogP contribution is -2.20. The fourth-order valence-corrected chi connectivity index (χ4v) is 4.23. The zero-order valence-corrected chi connectivity index (χ0v) is 17.8. The quantitative estimate of drug-likeness (QED) is 0.492. The van der Waals surface area contributed by atoms with Crippen LogP contribution in [0.4, 0.5) is 11.4 Å². The molecule has 0 saturated heterocycles. The number of para-hydroxylation sites is 1. The highest BCUT2D eigenvalue weighted by molar-refractivity contribution is 9.10. The Kier molecular flexibility index (Phi) is 5.98. The fraction of sp³-hybridized carbons (Fsp3) is 0. The molecule has 0 aliphatic rings.